The molecule has 0 saturated carbocycles. The summed E-state index contributed by atoms with van der Waals surface area (Å²) in [4.78, 5) is 27.1. The molecule has 1 atom stereocenters. The molecule has 0 aromatic carbocycles. The molecule has 3 rings (SSSR count). The predicted molar refractivity (Wildman–Crippen MR) is 82.6 cm³/mol. The normalized spacial score (nSPS) is 18.5. The van der Waals surface area contributed by atoms with Crippen LogP contribution in [0.3, 0.4) is 0 Å². The van der Waals surface area contributed by atoms with E-state index in [4.69, 9.17) is 4.74 Å². The van der Waals surface area contributed by atoms with Gasteiger partial charge in [0.2, 0.25) is 5.91 Å². The fourth-order valence-electron chi connectivity index (χ4n) is 2.46. The van der Waals surface area contributed by atoms with Crippen molar-refractivity contribution in [3.8, 4) is 0 Å². The monoisotopic (exact) mass is 318 g/mol. The van der Waals surface area contributed by atoms with Crippen molar-refractivity contribution < 1.29 is 9.53 Å². The molecule has 7 heteroatoms. The molecule has 116 valence electrons. The van der Waals surface area contributed by atoms with Crippen LogP contribution >= 0.6 is 11.3 Å². The van der Waals surface area contributed by atoms with Gasteiger partial charge in [-0.05, 0) is 19.9 Å². The summed E-state index contributed by atoms with van der Waals surface area (Å²) in [5.41, 5.74) is 1.67. The molecule has 2 aromatic rings. The molecule has 0 spiro atoms. The van der Waals surface area contributed by atoms with Gasteiger partial charge in [0.15, 0.2) is 0 Å². The van der Waals surface area contributed by atoms with Gasteiger partial charge in [-0.1, -0.05) is 0 Å². The quantitative estimate of drug-likeness (QED) is 0.861. The molecule has 3 heterocycles. The third kappa shape index (κ3) is 3.48. The zero-order valence-electron chi connectivity index (χ0n) is 12.7. The van der Waals surface area contributed by atoms with Crippen molar-refractivity contribution in [2.45, 2.75) is 26.4 Å². The first-order valence-electron chi connectivity index (χ1n) is 7.22. The van der Waals surface area contributed by atoms with Gasteiger partial charge < -0.3 is 9.64 Å². The van der Waals surface area contributed by atoms with Crippen LogP contribution in [0.25, 0.3) is 0 Å². The molecular formula is C15H18N4O2S. The fraction of sp³-hybridized carbons (Fsp3) is 0.467. The Morgan fingerprint density at radius 1 is 1.45 bits per heavy atom. The number of hydrogen-bond acceptors (Lipinski definition) is 6. The fourth-order valence-corrected chi connectivity index (χ4v) is 3.08. The highest BCUT2D eigenvalue weighted by atomic mass is 32.1. The van der Waals surface area contributed by atoms with E-state index in [9.17, 15) is 4.79 Å². The van der Waals surface area contributed by atoms with Gasteiger partial charge in [-0.15, -0.1) is 11.3 Å². The number of carbonyl (C=O) groups is 1. The second-order valence-electron chi connectivity index (χ2n) is 5.26. The average molecular weight is 318 g/mol. The van der Waals surface area contributed by atoms with Gasteiger partial charge in [0.25, 0.3) is 0 Å². The molecule has 22 heavy (non-hydrogen) atoms. The van der Waals surface area contributed by atoms with Crippen LogP contribution in [0.5, 0.6) is 0 Å². The highest BCUT2D eigenvalue weighted by molar-refractivity contribution is 7.09. The Bertz CT molecular complexity index is 673. The van der Waals surface area contributed by atoms with E-state index in [1.165, 1.54) is 0 Å². The highest BCUT2D eigenvalue weighted by Gasteiger charge is 2.26. The maximum Gasteiger partial charge on any atom is 0.228 e. The van der Waals surface area contributed by atoms with E-state index in [1.807, 2.05) is 30.2 Å². The third-order valence-corrected chi connectivity index (χ3v) is 4.37. The summed E-state index contributed by atoms with van der Waals surface area (Å²) >= 11 is 1.57. The number of amides is 1. The van der Waals surface area contributed by atoms with Crippen LogP contribution in [0.15, 0.2) is 17.6 Å². The Morgan fingerprint density at radius 2 is 2.32 bits per heavy atom. The Labute approximate surface area is 133 Å². The smallest absolute Gasteiger partial charge is 0.228 e. The standard InChI is InChI=1S/C15H18N4O2S/c1-10-16-4-3-13(17-10)14-8-19(5-6-21-14)15(20)7-12-9-22-11(2)18-12/h3-4,9,14H,5-8H2,1-2H3/t14-/m0/s1. The van der Waals surface area contributed by atoms with Crippen LogP contribution in [-0.2, 0) is 16.0 Å². The number of nitrogens with zero attached hydrogens (tertiary/aromatic N) is 4. The molecule has 0 radical (unpaired) electrons. The Hall–Kier alpha value is -1.86. The largest absolute Gasteiger partial charge is 0.368 e. The molecule has 1 saturated heterocycles. The molecule has 2 aromatic heterocycles. The van der Waals surface area contributed by atoms with E-state index in [1.54, 1.807) is 17.5 Å². The highest BCUT2D eigenvalue weighted by Crippen LogP contribution is 2.21. The van der Waals surface area contributed by atoms with E-state index in [0.717, 1.165) is 16.4 Å². The molecule has 0 aliphatic carbocycles. The van der Waals surface area contributed by atoms with Crippen molar-refractivity contribution in [2.24, 2.45) is 0 Å². The van der Waals surface area contributed by atoms with Crippen LogP contribution in [0.4, 0.5) is 0 Å². The second kappa shape index (κ2) is 6.50. The van der Waals surface area contributed by atoms with Crippen LogP contribution < -0.4 is 0 Å². The lowest BCUT2D eigenvalue weighted by atomic mass is 10.2. The first kappa shape index (κ1) is 15.1. The summed E-state index contributed by atoms with van der Waals surface area (Å²) in [7, 11) is 0. The third-order valence-electron chi connectivity index (χ3n) is 3.55. The summed E-state index contributed by atoms with van der Waals surface area (Å²) in [6.07, 6.45) is 1.89. The SMILES string of the molecule is Cc1nccc([C@@H]2CN(C(=O)Cc3csc(C)n3)CCO2)n1. The topological polar surface area (TPSA) is 68.2 Å². The summed E-state index contributed by atoms with van der Waals surface area (Å²) in [6.45, 7) is 5.46. The van der Waals surface area contributed by atoms with Crippen LogP contribution in [0.2, 0.25) is 0 Å². The number of hydrogen-bond donors (Lipinski definition) is 0. The predicted octanol–water partition coefficient (Wildman–Crippen LogP) is 1.69. The van der Waals surface area contributed by atoms with Crippen molar-refractivity contribution in [3.05, 3.63) is 39.9 Å². The lowest BCUT2D eigenvalue weighted by Gasteiger charge is -2.32. The molecule has 6 nitrogen and oxygen atoms in total. The van der Waals surface area contributed by atoms with Gasteiger partial charge in [-0.3, -0.25) is 4.79 Å². The van der Waals surface area contributed by atoms with Gasteiger partial charge in [0, 0.05) is 18.1 Å². The minimum atomic E-state index is -0.184. The van der Waals surface area contributed by atoms with E-state index in [0.29, 0.717) is 31.9 Å². The number of thiazole rings is 1. The molecule has 1 aliphatic heterocycles. The van der Waals surface area contributed by atoms with Crippen molar-refractivity contribution >= 4 is 17.2 Å². The lowest BCUT2D eigenvalue weighted by Crippen LogP contribution is -2.43. The first-order valence-corrected chi connectivity index (χ1v) is 8.09. The number of ether oxygens (including phenoxy) is 1. The number of aromatic nitrogens is 3. The number of carbonyl (C=O) groups excluding carboxylic acids is 1. The molecule has 1 fully saturated rings. The Kier molecular flexibility index (Phi) is 4.44. The molecule has 1 aliphatic rings. The number of morpholine rings is 1. The maximum absolute atomic E-state index is 12.4. The van der Waals surface area contributed by atoms with Crippen molar-refractivity contribution in [1.29, 1.82) is 0 Å². The zero-order valence-corrected chi connectivity index (χ0v) is 13.5. The first-order chi connectivity index (χ1) is 10.6. The van der Waals surface area contributed by atoms with Gasteiger partial charge in [-0.25, -0.2) is 15.0 Å². The Morgan fingerprint density at radius 3 is 3.05 bits per heavy atom. The van der Waals surface area contributed by atoms with E-state index in [-0.39, 0.29) is 12.0 Å². The van der Waals surface area contributed by atoms with Crippen molar-refractivity contribution in [2.75, 3.05) is 19.7 Å². The lowest BCUT2D eigenvalue weighted by molar-refractivity contribution is -0.138. The minimum Gasteiger partial charge on any atom is -0.368 e. The molecule has 0 bridgehead atoms. The average Bonchev–Trinajstić information content (AvgIpc) is 2.92. The summed E-state index contributed by atoms with van der Waals surface area (Å²) in [5.74, 6) is 0.798. The van der Waals surface area contributed by atoms with E-state index in [2.05, 4.69) is 15.0 Å². The number of aryl methyl sites for hydroxylation is 2. The molecule has 0 N–H and O–H groups in total. The second-order valence-corrected chi connectivity index (χ2v) is 6.32. The van der Waals surface area contributed by atoms with E-state index < -0.39 is 0 Å². The summed E-state index contributed by atoms with van der Waals surface area (Å²) in [6, 6.07) is 1.84. The summed E-state index contributed by atoms with van der Waals surface area (Å²) in [5, 5.41) is 2.93. The van der Waals surface area contributed by atoms with Gasteiger partial charge in [0.1, 0.15) is 11.9 Å². The maximum atomic E-state index is 12.4. The van der Waals surface area contributed by atoms with Gasteiger partial charge in [0.05, 0.1) is 36.0 Å². The van der Waals surface area contributed by atoms with Crippen LogP contribution in [-0.4, -0.2) is 45.5 Å². The van der Waals surface area contributed by atoms with Gasteiger partial charge in [-0.2, -0.15) is 0 Å². The van der Waals surface area contributed by atoms with Crippen molar-refractivity contribution in [1.82, 2.24) is 19.9 Å². The van der Waals surface area contributed by atoms with Crippen LogP contribution in [0.1, 0.15) is 28.3 Å². The molecule has 1 amide bonds. The molecular weight excluding hydrogens is 300 g/mol. The van der Waals surface area contributed by atoms with E-state index >= 15 is 0 Å². The van der Waals surface area contributed by atoms with Crippen molar-refractivity contribution in [3.63, 3.8) is 0 Å². The zero-order chi connectivity index (χ0) is 15.5. The van der Waals surface area contributed by atoms with Gasteiger partial charge >= 0.3 is 0 Å². The summed E-state index contributed by atoms with van der Waals surface area (Å²) < 4.78 is 5.76. The van der Waals surface area contributed by atoms with Crippen LogP contribution in [0, 0.1) is 13.8 Å². The molecule has 0 unspecified atom stereocenters. The number of rotatable bonds is 3. The minimum absolute atomic E-state index is 0.0874. The Balaban J connectivity index is 1.66.